The van der Waals surface area contributed by atoms with Crippen LogP contribution in [0.25, 0.3) is 0 Å². The Balaban J connectivity index is 1.60. The highest BCUT2D eigenvalue weighted by molar-refractivity contribution is 4.84. The van der Waals surface area contributed by atoms with Crippen molar-refractivity contribution in [3.05, 3.63) is 12.2 Å². The predicted molar refractivity (Wildman–Crippen MR) is 96.1 cm³/mol. The molecule has 0 aromatic rings. The first kappa shape index (κ1) is 18.0. The van der Waals surface area contributed by atoms with Gasteiger partial charge in [0.05, 0.1) is 6.10 Å². The lowest BCUT2D eigenvalue weighted by atomic mass is 9.70. The summed E-state index contributed by atoms with van der Waals surface area (Å²) in [6.45, 7) is 5.37. The molecular formula is C21H38O. The number of rotatable bonds is 8. The molecular weight excluding hydrogens is 268 g/mol. The monoisotopic (exact) mass is 306 g/mol. The fourth-order valence-corrected chi connectivity index (χ4v) is 4.57. The van der Waals surface area contributed by atoms with E-state index in [2.05, 4.69) is 26.0 Å². The molecule has 0 aromatic heterocycles. The van der Waals surface area contributed by atoms with Crippen molar-refractivity contribution in [3.8, 4) is 0 Å². The second-order valence-electron chi connectivity index (χ2n) is 7.69. The van der Waals surface area contributed by atoms with E-state index in [4.69, 9.17) is 4.74 Å². The quantitative estimate of drug-likeness (QED) is 0.366. The fraction of sp³-hybridized carbons (Fsp3) is 0.905. The van der Waals surface area contributed by atoms with Crippen molar-refractivity contribution in [2.75, 3.05) is 6.61 Å². The topological polar surface area (TPSA) is 9.23 Å². The van der Waals surface area contributed by atoms with Crippen molar-refractivity contribution in [1.29, 1.82) is 0 Å². The van der Waals surface area contributed by atoms with Crippen LogP contribution in [0.4, 0.5) is 0 Å². The highest BCUT2D eigenvalue weighted by Gasteiger charge is 2.30. The average molecular weight is 307 g/mol. The lowest BCUT2D eigenvalue weighted by Gasteiger charge is -2.37. The molecule has 1 nitrogen and oxygen atoms in total. The van der Waals surface area contributed by atoms with Gasteiger partial charge in [0, 0.05) is 6.61 Å². The van der Waals surface area contributed by atoms with Crippen molar-refractivity contribution in [2.24, 2.45) is 17.8 Å². The van der Waals surface area contributed by atoms with Crippen LogP contribution in [0, 0.1) is 17.8 Å². The van der Waals surface area contributed by atoms with Crippen LogP contribution in [0.1, 0.15) is 90.9 Å². The molecule has 0 saturated heterocycles. The van der Waals surface area contributed by atoms with Crippen LogP contribution in [0.3, 0.4) is 0 Å². The third-order valence-corrected chi connectivity index (χ3v) is 6.11. The summed E-state index contributed by atoms with van der Waals surface area (Å²) in [7, 11) is 0. The van der Waals surface area contributed by atoms with Crippen LogP contribution in [0.15, 0.2) is 12.2 Å². The number of hydrogen-bond acceptors (Lipinski definition) is 1. The molecule has 2 aliphatic carbocycles. The molecule has 22 heavy (non-hydrogen) atoms. The molecule has 128 valence electrons. The van der Waals surface area contributed by atoms with Crippen molar-refractivity contribution in [3.63, 3.8) is 0 Å². The van der Waals surface area contributed by atoms with Gasteiger partial charge in [-0.1, -0.05) is 38.3 Å². The number of allylic oxidation sites excluding steroid dienone is 2. The van der Waals surface area contributed by atoms with E-state index in [0.717, 1.165) is 24.4 Å². The lowest BCUT2D eigenvalue weighted by molar-refractivity contribution is 0.00581. The van der Waals surface area contributed by atoms with Gasteiger partial charge in [-0.25, -0.2) is 0 Å². The molecule has 0 aliphatic heterocycles. The zero-order valence-electron chi connectivity index (χ0n) is 15.1. The largest absolute Gasteiger partial charge is 0.378 e. The van der Waals surface area contributed by atoms with Crippen molar-refractivity contribution < 1.29 is 4.74 Å². The summed E-state index contributed by atoms with van der Waals surface area (Å²) < 4.78 is 6.02. The van der Waals surface area contributed by atoms with Crippen LogP contribution < -0.4 is 0 Å². The van der Waals surface area contributed by atoms with Gasteiger partial charge in [-0.15, -0.1) is 0 Å². The van der Waals surface area contributed by atoms with Crippen LogP contribution in [0.2, 0.25) is 0 Å². The maximum absolute atomic E-state index is 6.02. The summed E-state index contributed by atoms with van der Waals surface area (Å²) in [4.78, 5) is 0. The van der Waals surface area contributed by atoms with Gasteiger partial charge in [0.25, 0.3) is 0 Å². The molecule has 0 bridgehead atoms. The molecule has 2 fully saturated rings. The minimum atomic E-state index is 0.583. The summed E-state index contributed by atoms with van der Waals surface area (Å²) in [6.07, 6.45) is 21.9. The maximum atomic E-state index is 6.02. The van der Waals surface area contributed by atoms with Gasteiger partial charge in [-0.2, -0.15) is 0 Å². The van der Waals surface area contributed by atoms with Crippen LogP contribution in [-0.2, 0) is 4.74 Å². The molecule has 0 unspecified atom stereocenters. The van der Waals surface area contributed by atoms with Crippen molar-refractivity contribution in [2.45, 2.75) is 97.0 Å². The molecule has 2 aliphatic rings. The van der Waals surface area contributed by atoms with Crippen LogP contribution >= 0.6 is 0 Å². The van der Waals surface area contributed by atoms with E-state index < -0.39 is 0 Å². The summed E-state index contributed by atoms with van der Waals surface area (Å²) in [5, 5.41) is 0. The minimum absolute atomic E-state index is 0.583. The third-order valence-electron chi connectivity index (χ3n) is 6.11. The average Bonchev–Trinajstić information content (AvgIpc) is 2.57. The number of unbranched alkanes of at least 4 members (excludes halogenated alkanes) is 1. The molecule has 0 spiro atoms. The summed E-state index contributed by atoms with van der Waals surface area (Å²) in [6, 6.07) is 0. The van der Waals surface area contributed by atoms with E-state index >= 15 is 0 Å². The minimum Gasteiger partial charge on any atom is -0.378 e. The summed E-state index contributed by atoms with van der Waals surface area (Å²) in [5.74, 6) is 3.07. The van der Waals surface area contributed by atoms with E-state index in [-0.39, 0.29) is 0 Å². The van der Waals surface area contributed by atoms with Gasteiger partial charge in [0.1, 0.15) is 0 Å². The Kier molecular flexibility index (Phi) is 8.59. The first-order valence-electron chi connectivity index (χ1n) is 10.1. The molecule has 2 rings (SSSR count). The Morgan fingerprint density at radius 1 is 0.909 bits per heavy atom. The highest BCUT2D eigenvalue weighted by Crippen LogP contribution is 2.41. The summed E-state index contributed by atoms with van der Waals surface area (Å²) in [5.41, 5.74) is 0. The molecule has 0 atom stereocenters. The molecule has 0 N–H and O–H groups in total. The van der Waals surface area contributed by atoms with Crippen molar-refractivity contribution in [1.82, 2.24) is 0 Å². The Hall–Kier alpha value is -0.300. The van der Waals surface area contributed by atoms with Gasteiger partial charge in [0.2, 0.25) is 0 Å². The van der Waals surface area contributed by atoms with Gasteiger partial charge in [-0.05, 0) is 82.5 Å². The number of hydrogen-bond donors (Lipinski definition) is 0. The van der Waals surface area contributed by atoms with Gasteiger partial charge < -0.3 is 4.74 Å². The summed E-state index contributed by atoms with van der Waals surface area (Å²) >= 11 is 0. The van der Waals surface area contributed by atoms with E-state index in [1.54, 1.807) is 0 Å². The van der Waals surface area contributed by atoms with E-state index in [1.807, 2.05) is 0 Å². The normalized spacial score (nSPS) is 33.4. The Bertz CT molecular complexity index is 293. The first-order valence-corrected chi connectivity index (χ1v) is 10.1. The zero-order valence-corrected chi connectivity index (χ0v) is 15.1. The lowest BCUT2D eigenvalue weighted by Crippen LogP contribution is -2.28. The predicted octanol–water partition coefficient (Wildman–Crippen LogP) is 6.52. The van der Waals surface area contributed by atoms with Gasteiger partial charge in [0.15, 0.2) is 0 Å². The Morgan fingerprint density at radius 3 is 2.14 bits per heavy atom. The van der Waals surface area contributed by atoms with E-state index in [1.165, 1.54) is 77.0 Å². The van der Waals surface area contributed by atoms with Crippen LogP contribution in [0.5, 0.6) is 0 Å². The maximum Gasteiger partial charge on any atom is 0.0575 e. The van der Waals surface area contributed by atoms with E-state index in [0.29, 0.717) is 6.10 Å². The second kappa shape index (κ2) is 10.5. The molecule has 0 aromatic carbocycles. The van der Waals surface area contributed by atoms with Gasteiger partial charge >= 0.3 is 0 Å². The Labute approximate surface area is 138 Å². The third kappa shape index (κ3) is 6.07. The highest BCUT2D eigenvalue weighted by atomic mass is 16.5. The van der Waals surface area contributed by atoms with Crippen molar-refractivity contribution >= 4 is 0 Å². The second-order valence-corrected chi connectivity index (χ2v) is 7.69. The molecule has 2 saturated carbocycles. The molecule has 1 heteroatoms. The number of ether oxygens (including phenoxy) is 1. The SMILES string of the molecule is C/C=C/CCC1CCC(C2CCC(OCCCC)CC2)CC1. The smallest absolute Gasteiger partial charge is 0.0575 e. The fourth-order valence-electron chi connectivity index (χ4n) is 4.57. The van der Waals surface area contributed by atoms with E-state index in [9.17, 15) is 0 Å². The first-order chi connectivity index (χ1) is 10.8. The van der Waals surface area contributed by atoms with Crippen LogP contribution in [-0.4, -0.2) is 12.7 Å². The zero-order chi connectivity index (χ0) is 15.6. The standard InChI is InChI=1S/C21H38O/c1-3-5-7-8-18-9-11-19(12-10-18)20-13-15-21(16-14-20)22-17-6-4-2/h3,5,18-21H,4,6-17H2,1-2H3/b5-3+. The Morgan fingerprint density at radius 2 is 1.55 bits per heavy atom. The molecule has 0 amide bonds. The molecule has 0 radical (unpaired) electrons. The van der Waals surface area contributed by atoms with Gasteiger partial charge in [-0.3, -0.25) is 0 Å². The molecule has 0 heterocycles.